The van der Waals surface area contributed by atoms with Crippen LogP contribution in [0.25, 0.3) is 0 Å². The third-order valence-corrected chi connectivity index (χ3v) is 2.42. The van der Waals surface area contributed by atoms with Crippen LogP contribution in [0.15, 0.2) is 12.5 Å². The van der Waals surface area contributed by atoms with E-state index in [1.807, 2.05) is 0 Å². The number of aromatic nitrogens is 2. The second kappa shape index (κ2) is 7.77. The number of carbonyl (C=O) groups excluding carboxylic acids is 2. The Bertz CT molecular complexity index is 459. The topological polar surface area (TPSA) is 133 Å². The van der Waals surface area contributed by atoms with Crippen LogP contribution in [0.4, 0.5) is 4.79 Å². The Morgan fingerprint density at radius 2 is 2.25 bits per heavy atom. The summed E-state index contributed by atoms with van der Waals surface area (Å²) in [6.45, 7) is 0.0644. The van der Waals surface area contributed by atoms with Crippen LogP contribution in [0.1, 0.15) is 12.1 Å². The number of imidazole rings is 1. The molecule has 20 heavy (non-hydrogen) atoms. The van der Waals surface area contributed by atoms with Crippen molar-refractivity contribution in [2.24, 2.45) is 0 Å². The zero-order valence-electron chi connectivity index (χ0n) is 10.9. The van der Waals surface area contributed by atoms with Gasteiger partial charge in [-0.1, -0.05) is 0 Å². The maximum Gasteiger partial charge on any atom is 0.326 e. The van der Waals surface area contributed by atoms with Crippen molar-refractivity contribution in [3.63, 3.8) is 0 Å². The molecule has 1 heterocycles. The molecule has 0 radical (unpaired) electrons. The number of carbonyl (C=O) groups is 3. The molecule has 0 aromatic carbocycles. The molecule has 0 aliphatic rings. The van der Waals surface area contributed by atoms with Crippen molar-refractivity contribution >= 4 is 18.0 Å². The highest BCUT2D eigenvalue weighted by Gasteiger charge is 2.20. The summed E-state index contributed by atoms with van der Waals surface area (Å²) < 4.78 is 4.41. The first-order valence-electron chi connectivity index (χ1n) is 5.84. The van der Waals surface area contributed by atoms with Crippen LogP contribution in [0.5, 0.6) is 0 Å². The molecule has 1 atom stereocenters. The first kappa shape index (κ1) is 15.5. The van der Waals surface area contributed by atoms with Gasteiger partial charge in [0.05, 0.1) is 19.9 Å². The molecule has 0 aliphatic heterocycles. The lowest BCUT2D eigenvalue weighted by atomic mass is 10.2. The maximum atomic E-state index is 11.5. The predicted octanol–water partition coefficient (Wildman–Crippen LogP) is -0.732. The molecule has 9 heteroatoms. The lowest BCUT2D eigenvalue weighted by Gasteiger charge is -2.14. The van der Waals surface area contributed by atoms with Gasteiger partial charge in [-0.2, -0.15) is 0 Å². The molecule has 4 N–H and O–H groups in total. The fourth-order valence-corrected chi connectivity index (χ4v) is 1.41. The van der Waals surface area contributed by atoms with Gasteiger partial charge in [-0.15, -0.1) is 0 Å². The monoisotopic (exact) mass is 284 g/mol. The van der Waals surface area contributed by atoms with E-state index in [0.717, 1.165) is 0 Å². The summed E-state index contributed by atoms with van der Waals surface area (Å²) >= 11 is 0. The van der Waals surface area contributed by atoms with Crippen LogP contribution in [0.2, 0.25) is 0 Å². The Morgan fingerprint density at radius 3 is 2.80 bits per heavy atom. The minimum absolute atomic E-state index is 0.0161. The fraction of sp³-hybridized carbons (Fsp3) is 0.455. The number of carboxylic acids is 1. The molecule has 1 aromatic rings. The molecule has 1 aromatic heterocycles. The van der Waals surface area contributed by atoms with E-state index in [1.165, 1.54) is 19.6 Å². The lowest BCUT2D eigenvalue weighted by molar-refractivity contribution is -0.141. The van der Waals surface area contributed by atoms with Gasteiger partial charge >= 0.3 is 18.0 Å². The van der Waals surface area contributed by atoms with E-state index in [2.05, 4.69) is 25.3 Å². The smallest absolute Gasteiger partial charge is 0.326 e. The van der Waals surface area contributed by atoms with Crippen LogP contribution in [-0.2, 0) is 20.7 Å². The minimum atomic E-state index is -1.16. The zero-order valence-corrected chi connectivity index (χ0v) is 10.9. The van der Waals surface area contributed by atoms with Crippen molar-refractivity contribution in [1.82, 2.24) is 20.6 Å². The molecule has 1 rings (SSSR count). The molecule has 0 unspecified atom stereocenters. The second-order valence-corrected chi connectivity index (χ2v) is 3.90. The van der Waals surface area contributed by atoms with Crippen LogP contribution < -0.4 is 10.6 Å². The van der Waals surface area contributed by atoms with Gasteiger partial charge in [-0.3, -0.25) is 4.79 Å². The number of carboxylic acid groups (broad SMARTS) is 1. The van der Waals surface area contributed by atoms with E-state index < -0.39 is 24.0 Å². The average Bonchev–Trinajstić information content (AvgIpc) is 2.90. The van der Waals surface area contributed by atoms with Gasteiger partial charge < -0.3 is 25.5 Å². The van der Waals surface area contributed by atoms with Crippen molar-refractivity contribution < 1.29 is 24.2 Å². The molecule has 0 saturated heterocycles. The Hall–Kier alpha value is -2.58. The standard InChI is InChI=1S/C11H16N4O5/c1-20-9(16)2-3-13-11(19)15-8(10(17)18)4-7-5-12-6-14-7/h5-6,8H,2-4H2,1H3,(H,12,14)(H,17,18)(H2,13,15,19)/t8-/m1/s1. The maximum absolute atomic E-state index is 11.5. The number of urea groups is 1. The third-order valence-electron chi connectivity index (χ3n) is 2.42. The molecule has 0 saturated carbocycles. The van der Waals surface area contributed by atoms with Gasteiger partial charge in [0.1, 0.15) is 6.04 Å². The Kier molecular flexibility index (Phi) is 6.01. The van der Waals surface area contributed by atoms with Crippen molar-refractivity contribution in [2.75, 3.05) is 13.7 Å². The zero-order chi connectivity index (χ0) is 15.0. The van der Waals surface area contributed by atoms with E-state index in [1.54, 1.807) is 0 Å². The summed E-state index contributed by atoms with van der Waals surface area (Å²) in [6.07, 6.45) is 3.00. The van der Waals surface area contributed by atoms with Crippen molar-refractivity contribution in [3.8, 4) is 0 Å². The number of H-pyrrole nitrogens is 1. The van der Waals surface area contributed by atoms with Crippen LogP contribution in [0.3, 0.4) is 0 Å². The fourth-order valence-electron chi connectivity index (χ4n) is 1.41. The largest absolute Gasteiger partial charge is 0.480 e. The van der Waals surface area contributed by atoms with Crippen molar-refractivity contribution in [2.45, 2.75) is 18.9 Å². The second-order valence-electron chi connectivity index (χ2n) is 3.90. The SMILES string of the molecule is COC(=O)CCNC(=O)N[C@H](Cc1cnc[nH]1)C(=O)O. The summed E-state index contributed by atoms with van der Waals surface area (Å²) in [4.78, 5) is 39.9. The quantitative estimate of drug-likeness (QED) is 0.488. The highest BCUT2D eigenvalue weighted by molar-refractivity contribution is 5.83. The Morgan fingerprint density at radius 1 is 1.50 bits per heavy atom. The summed E-state index contributed by atoms with van der Waals surface area (Å²) in [5.74, 6) is -1.62. The highest BCUT2D eigenvalue weighted by Crippen LogP contribution is 1.98. The van der Waals surface area contributed by atoms with Crippen molar-refractivity contribution in [3.05, 3.63) is 18.2 Å². The summed E-state index contributed by atoms with van der Waals surface area (Å²) in [5, 5.41) is 13.7. The lowest BCUT2D eigenvalue weighted by Crippen LogP contribution is -2.47. The molecule has 9 nitrogen and oxygen atoms in total. The number of aliphatic carboxylic acids is 1. The minimum Gasteiger partial charge on any atom is -0.480 e. The molecular formula is C11H16N4O5. The predicted molar refractivity (Wildman–Crippen MR) is 66.9 cm³/mol. The molecule has 0 fully saturated rings. The molecule has 0 bridgehead atoms. The third kappa shape index (κ3) is 5.38. The number of ether oxygens (including phenoxy) is 1. The number of nitrogens with zero attached hydrogens (tertiary/aromatic N) is 1. The van der Waals surface area contributed by atoms with Gasteiger partial charge in [0.25, 0.3) is 0 Å². The number of methoxy groups -OCH3 is 1. The highest BCUT2D eigenvalue weighted by atomic mass is 16.5. The van der Waals surface area contributed by atoms with Gasteiger partial charge in [0, 0.05) is 24.9 Å². The average molecular weight is 284 g/mol. The van der Waals surface area contributed by atoms with Crippen LogP contribution in [-0.4, -0.2) is 52.7 Å². The molecule has 110 valence electrons. The normalized spacial score (nSPS) is 11.4. The molecular weight excluding hydrogens is 268 g/mol. The molecule has 0 aliphatic carbocycles. The Labute approximate surface area is 114 Å². The Balaban J connectivity index is 2.39. The van der Waals surface area contributed by atoms with Gasteiger partial charge in [0.15, 0.2) is 0 Å². The van der Waals surface area contributed by atoms with Gasteiger partial charge in [0.2, 0.25) is 0 Å². The number of hydrogen-bond donors (Lipinski definition) is 4. The van der Waals surface area contributed by atoms with Crippen molar-refractivity contribution in [1.29, 1.82) is 0 Å². The number of nitrogens with one attached hydrogen (secondary N) is 3. The van der Waals surface area contributed by atoms with E-state index in [0.29, 0.717) is 5.69 Å². The van der Waals surface area contributed by atoms with Crippen LogP contribution in [0, 0.1) is 0 Å². The number of amides is 2. The number of aromatic amines is 1. The van der Waals surface area contributed by atoms with Gasteiger partial charge in [-0.05, 0) is 0 Å². The van der Waals surface area contributed by atoms with E-state index in [9.17, 15) is 14.4 Å². The molecule has 0 spiro atoms. The number of esters is 1. The van der Waals surface area contributed by atoms with Gasteiger partial charge in [-0.25, -0.2) is 14.6 Å². The van der Waals surface area contributed by atoms with E-state index >= 15 is 0 Å². The molecule has 2 amide bonds. The van der Waals surface area contributed by atoms with E-state index in [-0.39, 0.29) is 19.4 Å². The first-order chi connectivity index (χ1) is 9.52. The van der Waals surface area contributed by atoms with Crippen LogP contribution >= 0.6 is 0 Å². The first-order valence-corrected chi connectivity index (χ1v) is 5.84. The number of hydrogen-bond acceptors (Lipinski definition) is 5. The van der Waals surface area contributed by atoms with E-state index in [4.69, 9.17) is 5.11 Å². The summed E-state index contributed by atoms with van der Waals surface area (Å²) in [5.41, 5.74) is 0.590. The number of rotatable bonds is 7. The summed E-state index contributed by atoms with van der Waals surface area (Å²) in [7, 11) is 1.24. The summed E-state index contributed by atoms with van der Waals surface area (Å²) in [6, 6.07) is -1.76.